The number of aliphatic hydroxyl groups excluding tert-OH is 4. The summed E-state index contributed by atoms with van der Waals surface area (Å²) in [7, 11) is 0. The fourth-order valence-electron chi connectivity index (χ4n) is 0.880. The highest BCUT2D eigenvalue weighted by Gasteiger charge is 2.41. The molecule has 2 unspecified atom stereocenters. The van der Waals surface area contributed by atoms with Crippen LogP contribution >= 0.6 is 0 Å². The third kappa shape index (κ3) is 1.14. The van der Waals surface area contributed by atoms with E-state index in [9.17, 15) is 0 Å². The summed E-state index contributed by atoms with van der Waals surface area (Å²) in [5.74, 6) is 0. The topological polar surface area (TPSA) is 90.2 Å². The van der Waals surface area contributed by atoms with Crippen molar-refractivity contribution in [3.8, 4) is 0 Å². The summed E-state index contributed by atoms with van der Waals surface area (Å²) in [5.41, 5.74) is 0. The molecule has 1 heterocycles. The van der Waals surface area contributed by atoms with Gasteiger partial charge in [-0.05, 0) is 0 Å². The largest absolute Gasteiger partial charge is 0.394 e. The van der Waals surface area contributed by atoms with Crippen LogP contribution in [0.15, 0.2) is 0 Å². The molecule has 5 heteroatoms. The SMILES string of the molecule is OC[C@@H]1O[C@@H](O)C(O)C1O. The predicted octanol–water partition coefficient (Wildman–Crippen LogP) is -2.58. The van der Waals surface area contributed by atoms with E-state index in [1.807, 2.05) is 0 Å². The van der Waals surface area contributed by atoms with Gasteiger partial charge in [0.1, 0.15) is 18.3 Å². The summed E-state index contributed by atoms with van der Waals surface area (Å²) >= 11 is 0. The Kier molecular flexibility index (Phi) is 2.22. The average Bonchev–Trinajstić information content (AvgIpc) is 2.17. The summed E-state index contributed by atoms with van der Waals surface area (Å²) in [5, 5.41) is 35.0. The average molecular weight is 150 g/mol. The molecule has 1 fully saturated rings. The zero-order valence-electron chi connectivity index (χ0n) is 5.21. The molecular weight excluding hydrogens is 140 g/mol. The van der Waals surface area contributed by atoms with Crippen molar-refractivity contribution in [2.45, 2.75) is 24.6 Å². The Balaban J connectivity index is 2.53. The molecule has 0 aromatic carbocycles. The molecule has 10 heavy (non-hydrogen) atoms. The number of ether oxygens (including phenoxy) is 1. The van der Waals surface area contributed by atoms with Gasteiger partial charge in [0.05, 0.1) is 6.61 Å². The molecule has 1 saturated heterocycles. The second-order valence-corrected chi connectivity index (χ2v) is 2.23. The van der Waals surface area contributed by atoms with Gasteiger partial charge in [-0.1, -0.05) is 0 Å². The maximum Gasteiger partial charge on any atom is 0.184 e. The van der Waals surface area contributed by atoms with Gasteiger partial charge in [-0.15, -0.1) is 0 Å². The van der Waals surface area contributed by atoms with Crippen LogP contribution < -0.4 is 0 Å². The van der Waals surface area contributed by atoms with E-state index in [1.54, 1.807) is 0 Å². The summed E-state index contributed by atoms with van der Waals surface area (Å²) in [4.78, 5) is 0. The minimum Gasteiger partial charge on any atom is -0.394 e. The molecule has 0 saturated carbocycles. The first kappa shape index (κ1) is 7.90. The second-order valence-electron chi connectivity index (χ2n) is 2.23. The van der Waals surface area contributed by atoms with Gasteiger partial charge in [-0.25, -0.2) is 0 Å². The van der Waals surface area contributed by atoms with Crippen LogP contribution in [0.5, 0.6) is 0 Å². The van der Waals surface area contributed by atoms with Crippen molar-refractivity contribution in [2.75, 3.05) is 6.61 Å². The van der Waals surface area contributed by atoms with Gasteiger partial charge in [0.25, 0.3) is 0 Å². The van der Waals surface area contributed by atoms with Crippen molar-refractivity contribution in [3.63, 3.8) is 0 Å². The first-order chi connectivity index (χ1) is 4.66. The minimum atomic E-state index is -1.38. The van der Waals surface area contributed by atoms with Gasteiger partial charge in [-0.3, -0.25) is 0 Å². The lowest BCUT2D eigenvalue weighted by atomic mass is 10.1. The fraction of sp³-hybridized carbons (Fsp3) is 1.00. The van der Waals surface area contributed by atoms with E-state index in [-0.39, 0.29) is 0 Å². The van der Waals surface area contributed by atoms with Crippen LogP contribution in [0.25, 0.3) is 0 Å². The third-order valence-corrected chi connectivity index (χ3v) is 1.52. The van der Waals surface area contributed by atoms with Crippen molar-refractivity contribution in [2.24, 2.45) is 0 Å². The Morgan fingerprint density at radius 2 is 1.70 bits per heavy atom. The zero-order valence-corrected chi connectivity index (χ0v) is 5.21. The van der Waals surface area contributed by atoms with Crippen LogP contribution in [0.2, 0.25) is 0 Å². The molecule has 1 rings (SSSR count). The Morgan fingerprint density at radius 3 is 1.90 bits per heavy atom. The summed E-state index contributed by atoms with van der Waals surface area (Å²) < 4.78 is 4.54. The van der Waals surface area contributed by atoms with Crippen molar-refractivity contribution < 1.29 is 25.2 Å². The molecule has 0 aromatic heterocycles. The lowest BCUT2D eigenvalue weighted by Crippen LogP contribution is -2.33. The minimum absolute atomic E-state index is 0.407. The molecule has 1 aliphatic heterocycles. The monoisotopic (exact) mass is 150 g/mol. The molecule has 4 atom stereocenters. The zero-order chi connectivity index (χ0) is 7.72. The molecule has 0 aromatic rings. The van der Waals surface area contributed by atoms with Crippen LogP contribution in [0.3, 0.4) is 0 Å². The van der Waals surface area contributed by atoms with E-state index in [4.69, 9.17) is 20.4 Å². The standard InChI is InChI=1S/C5H10O5/c6-1-2-3(7)4(8)5(9)10-2/h2-9H,1H2/t2-,3?,4?,5+/m0/s1. The lowest BCUT2D eigenvalue weighted by Gasteiger charge is -2.09. The van der Waals surface area contributed by atoms with Gasteiger partial charge < -0.3 is 25.2 Å². The highest BCUT2D eigenvalue weighted by atomic mass is 16.6. The van der Waals surface area contributed by atoms with E-state index in [0.717, 1.165) is 0 Å². The Hall–Kier alpha value is -0.200. The van der Waals surface area contributed by atoms with Gasteiger partial charge in [0.2, 0.25) is 0 Å². The molecule has 0 spiro atoms. The maximum atomic E-state index is 8.93. The molecule has 5 nitrogen and oxygen atoms in total. The van der Waals surface area contributed by atoms with E-state index in [0.29, 0.717) is 0 Å². The number of aliphatic hydroxyl groups is 4. The van der Waals surface area contributed by atoms with Gasteiger partial charge in [0.15, 0.2) is 6.29 Å². The summed E-state index contributed by atoms with van der Waals surface area (Å²) in [6.07, 6.45) is -4.76. The van der Waals surface area contributed by atoms with Crippen LogP contribution in [-0.4, -0.2) is 51.6 Å². The Morgan fingerprint density at radius 1 is 1.10 bits per heavy atom. The quantitative estimate of drug-likeness (QED) is 0.329. The summed E-state index contributed by atoms with van der Waals surface area (Å²) in [6.45, 7) is -0.407. The Labute approximate surface area is 57.5 Å². The first-order valence-corrected chi connectivity index (χ1v) is 2.97. The maximum absolute atomic E-state index is 8.93. The smallest absolute Gasteiger partial charge is 0.184 e. The van der Waals surface area contributed by atoms with E-state index in [1.165, 1.54) is 0 Å². The highest BCUT2D eigenvalue weighted by Crippen LogP contribution is 2.18. The van der Waals surface area contributed by atoms with Crippen LogP contribution in [-0.2, 0) is 4.74 Å². The van der Waals surface area contributed by atoms with Crippen molar-refractivity contribution in [1.82, 2.24) is 0 Å². The molecule has 0 amide bonds. The molecule has 0 radical (unpaired) electrons. The number of rotatable bonds is 1. The van der Waals surface area contributed by atoms with Gasteiger partial charge >= 0.3 is 0 Å². The molecule has 1 aliphatic rings. The van der Waals surface area contributed by atoms with E-state index < -0.39 is 31.2 Å². The molecule has 0 aliphatic carbocycles. The van der Waals surface area contributed by atoms with Gasteiger partial charge in [0, 0.05) is 0 Å². The first-order valence-electron chi connectivity index (χ1n) is 2.97. The number of hydrogen-bond acceptors (Lipinski definition) is 5. The van der Waals surface area contributed by atoms with E-state index in [2.05, 4.69) is 4.74 Å². The lowest BCUT2D eigenvalue weighted by molar-refractivity contribution is -0.132. The highest BCUT2D eigenvalue weighted by molar-refractivity contribution is 4.84. The van der Waals surface area contributed by atoms with Crippen molar-refractivity contribution in [1.29, 1.82) is 0 Å². The number of hydrogen-bond donors (Lipinski definition) is 4. The molecular formula is C5H10O5. The van der Waals surface area contributed by atoms with Crippen LogP contribution in [0, 0.1) is 0 Å². The van der Waals surface area contributed by atoms with E-state index >= 15 is 0 Å². The fourth-order valence-corrected chi connectivity index (χ4v) is 0.880. The second kappa shape index (κ2) is 2.81. The predicted molar refractivity (Wildman–Crippen MR) is 30.0 cm³/mol. The third-order valence-electron chi connectivity index (χ3n) is 1.52. The van der Waals surface area contributed by atoms with Crippen LogP contribution in [0.4, 0.5) is 0 Å². The normalized spacial score (nSPS) is 48.0. The summed E-state index contributed by atoms with van der Waals surface area (Å²) in [6, 6.07) is 0. The molecule has 4 N–H and O–H groups in total. The molecule has 0 bridgehead atoms. The van der Waals surface area contributed by atoms with Crippen LogP contribution in [0.1, 0.15) is 0 Å². The van der Waals surface area contributed by atoms with Crippen molar-refractivity contribution >= 4 is 0 Å². The molecule has 60 valence electrons. The van der Waals surface area contributed by atoms with Crippen molar-refractivity contribution in [3.05, 3.63) is 0 Å². The Bertz CT molecular complexity index is 117. The van der Waals surface area contributed by atoms with Gasteiger partial charge in [-0.2, -0.15) is 0 Å².